The number of nitrogens with one attached hydrogen (secondary N) is 2. The molecular weight excluding hydrogens is 527 g/mol. The van der Waals surface area contributed by atoms with Crippen LogP contribution >= 0.6 is 46.7 Å². The van der Waals surface area contributed by atoms with Crippen LogP contribution < -0.4 is 10.6 Å². The molecule has 0 atom stereocenters. The normalized spacial score (nSPS) is 15.9. The maximum absolute atomic E-state index is 12.7. The predicted molar refractivity (Wildman–Crippen MR) is 128 cm³/mol. The molecule has 0 saturated carbocycles. The van der Waals surface area contributed by atoms with E-state index in [0.717, 1.165) is 30.7 Å². The van der Waals surface area contributed by atoms with Crippen molar-refractivity contribution in [1.29, 1.82) is 0 Å². The number of thiophene rings is 2. The lowest BCUT2D eigenvalue weighted by atomic mass is 10.2. The Morgan fingerprint density at radius 1 is 1.04 bits per heavy atom. The molecule has 10 heteroatoms. The van der Waals surface area contributed by atoms with Crippen molar-refractivity contribution in [1.82, 2.24) is 14.9 Å². The SMILES string of the molecule is CN=C(NCc1ccc(C)s1)NCc1ccc(S(=O)(=O)N2CCCCC2)s1.I. The average Bonchev–Trinajstić information content (AvgIpc) is 3.32. The smallest absolute Gasteiger partial charge is 0.252 e. The number of halogens is 1. The lowest BCUT2D eigenvalue weighted by Gasteiger charge is -2.25. The fraction of sp³-hybridized carbons (Fsp3) is 0.500. The molecule has 3 rings (SSSR count). The molecule has 0 unspecified atom stereocenters. The Kier molecular flexibility index (Phi) is 9.19. The molecule has 28 heavy (non-hydrogen) atoms. The number of aryl methyl sites for hydroxylation is 1. The molecule has 3 heterocycles. The summed E-state index contributed by atoms with van der Waals surface area (Å²) in [5, 5.41) is 6.54. The summed E-state index contributed by atoms with van der Waals surface area (Å²) < 4.78 is 27.5. The summed E-state index contributed by atoms with van der Waals surface area (Å²) in [5.74, 6) is 0.704. The van der Waals surface area contributed by atoms with E-state index in [0.29, 0.717) is 29.8 Å². The highest BCUT2D eigenvalue weighted by atomic mass is 127. The molecule has 1 saturated heterocycles. The van der Waals surface area contributed by atoms with E-state index >= 15 is 0 Å². The highest BCUT2D eigenvalue weighted by molar-refractivity contribution is 14.0. The first-order chi connectivity index (χ1) is 13.0. The first kappa shape index (κ1) is 23.6. The van der Waals surface area contributed by atoms with Crippen LogP contribution in [0.15, 0.2) is 33.5 Å². The fourth-order valence-corrected chi connectivity index (χ4v) is 6.76. The second kappa shape index (κ2) is 10.9. The molecule has 0 aliphatic carbocycles. The second-order valence-corrected chi connectivity index (χ2v) is 11.2. The third kappa shape index (κ3) is 6.15. The van der Waals surface area contributed by atoms with Crippen molar-refractivity contribution in [2.24, 2.45) is 4.99 Å². The monoisotopic (exact) mass is 554 g/mol. The number of nitrogens with zero attached hydrogens (tertiary/aromatic N) is 2. The van der Waals surface area contributed by atoms with E-state index in [9.17, 15) is 8.42 Å². The minimum atomic E-state index is -3.35. The number of guanidine groups is 1. The molecule has 1 aliphatic heterocycles. The van der Waals surface area contributed by atoms with Crippen molar-refractivity contribution in [3.63, 3.8) is 0 Å². The molecule has 6 nitrogen and oxygen atoms in total. The van der Waals surface area contributed by atoms with Crippen LogP contribution in [0.4, 0.5) is 0 Å². The van der Waals surface area contributed by atoms with Crippen LogP contribution in [0.1, 0.15) is 33.9 Å². The van der Waals surface area contributed by atoms with Gasteiger partial charge in [-0.2, -0.15) is 4.31 Å². The van der Waals surface area contributed by atoms with Gasteiger partial charge in [0.1, 0.15) is 4.21 Å². The fourth-order valence-electron chi connectivity index (χ4n) is 2.97. The summed E-state index contributed by atoms with van der Waals surface area (Å²) in [6.07, 6.45) is 3.01. The summed E-state index contributed by atoms with van der Waals surface area (Å²) in [6, 6.07) is 7.81. The summed E-state index contributed by atoms with van der Waals surface area (Å²) in [7, 11) is -1.62. The van der Waals surface area contributed by atoms with Gasteiger partial charge in [0.2, 0.25) is 0 Å². The minimum Gasteiger partial charge on any atom is -0.352 e. The highest BCUT2D eigenvalue weighted by Crippen LogP contribution is 2.27. The van der Waals surface area contributed by atoms with Gasteiger partial charge in [0.05, 0.1) is 13.1 Å². The largest absolute Gasteiger partial charge is 0.352 e. The van der Waals surface area contributed by atoms with Crippen molar-refractivity contribution in [3.8, 4) is 0 Å². The molecule has 156 valence electrons. The van der Waals surface area contributed by atoms with Gasteiger partial charge in [0.15, 0.2) is 5.96 Å². The zero-order valence-electron chi connectivity index (χ0n) is 16.1. The Morgan fingerprint density at radius 2 is 1.64 bits per heavy atom. The Morgan fingerprint density at radius 3 is 2.21 bits per heavy atom. The first-order valence-corrected chi connectivity index (χ1v) is 12.1. The van der Waals surface area contributed by atoms with Gasteiger partial charge >= 0.3 is 0 Å². The molecule has 0 amide bonds. The molecule has 0 aromatic carbocycles. The molecule has 2 N–H and O–H groups in total. The van der Waals surface area contributed by atoms with Crippen LogP contribution in [0.5, 0.6) is 0 Å². The van der Waals surface area contributed by atoms with E-state index in [2.05, 4.69) is 34.7 Å². The number of rotatable bonds is 6. The number of sulfonamides is 1. The topological polar surface area (TPSA) is 73.8 Å². The van der Waals surface area contributed by atoms with Crippen LogP contribution in [0.2, 0.25) is 0 Å². The third-order valence-electron chi connectivity index (χ3n) is 4.43. The van der Waals surface area contributed by atoms with Crippen LogP contribution in [-0.4, -0.2) is 38.8 Å². The number of piperidine rings is 1. The van der Waals surface area contributed by atoms with Crippen molar-refractivity contribution in [3.05, 3.63) is 38.9 Å². The molecule has 0 radical (unpaired) electrons. The summed E-state index contributed by atoms with van der Waals surface area (Å²) in [6.45, 7) is 4.62. The van der Waals surface area contributed by atoms with Gasteiger partial charge in [0, 0.05) is 34.8 Å². The van der Waals surface area contributed by atoms with Gasteiger partial charge in [0.25, 0.3) is 10.0 Å². The maximum Gasteiger partial charge on any atom is 0.252 e. The standard InChI is InChI=1S/C18H26N4O2S3.HI/c1-14-6-7-15(25-14)12-20-18(19-2)21-13-16-8-9-17(26-16)27(23,24)22-10-4-3-5-11-22;/h6-9H,3-5,10-13H2,1-2H3,(H2,19,20,21);1H. The number of hydrogen-bond acceptors (Lipinski definition) is 5. The van der Waals surface area contributed by atoms with Crippen LogP contribution in [0.3, 0.4) is 0 Å². The molecular formula is C18H27IN4O2S3. The Balaban J connectivity index is 0.00000280. The third-order valence-corrected chi connectivity index (χ3v) is 8.88. The van der Waals surface area contributed by atoms with E-state index in [1.165, 1.54) is 21.1 Å². The van der Waals surface area contributed by atoms with E-state index < -0.39 is 10.0 Å². The van der Waals surface area contributed by atoms with Gasteiger partial charge in [-0.3, -0.25) is 4.99 Å². The Hall–Kier alpha value is -0.690. The lowest BCUT2D eigenvalue weighted by Crippen LogP contribution is -2.36. The van der Waals surface area contributed by atoms with E-state index in [4.69, 9.17) is 0 Å². The highest BCUT2D eigenvalue weighted by Gasteiger charge is 2.27. The van der Waals surface area contributed by atoms with Crippen molar-refractivity contribution in [2.75, 3.05) is 20.1 Å². The van der Waals surface area contributed by atoms with Crippen LogP contribution in [-0.2, 0) is 23.1 Å². The van der Waals surface area contributed by atoms with Gasteiger partial charge in [-0.05, 0) is 44.0 Å². The molecule has 1 fully saturated rings. The Labute approximate surface area is 192 Å². The van der Waals surface area contributed by atoms with Crippen molar-refractivity contribution in [2.45, 2.75) is 43.5 Å². The number of aliphatic imine (C=N–C) groups is 1. The zero-order chi connectivity index (χ0) is 19.3. The lowest BCUT2D eigenvalue weighted by molar-refractivity contribution is 0.347. The van der Waals surface area contributed by atoms with Gasteiger partial charge < -0.3 is 10.6 Å². The van der Waals surface area contributed by atoms with Crippen molar-refractivity contribution >= 4 is 62.6 Å². The number of hydrogen-bond donors (Lipinski definition) is 2. The minimum absolute atomic E-state index is 0. The molecule has 1 aliphatic rings. The molecule has 2 aromatic heterocycles. The van der Waals surface area contributed by atoms with E-state index in [1.807, 2.05) is 6.07 Å². The average molecular weight is 555 g/mol. The van der Waals surface area contributed by atoms with Crippen LogP contribution in [0, 0.1) is 6.92 Å². The van der Waals surface area contributed by atoms with Gasteiger partial charge in [-0.1, -0.05) is 6.42 Å². The zero-order valence-corrected chi connectivity index (χ0v) is 20.9. The summed E-state index contributed by atoms with van der Waals surface area (Å²) in [4.78, 5) is 7.74. The summed E-state index contributed by atoms with van der Waals surface area (Å²) >= 11 is 3.09. The molecule has 2 aromatic rings. The summed E-state index contributed by atoms with van der Waals surface area (Å²) in [5.41, 5.74) is 0. The molecule has 0 bridgehead atoms. The second-order valence-electron chi connectivity index (χ2n) is 6.48. The van der Waals surface area contributed by atoms with Gasteiger partial charge in [-0.25, -0.2) is 8.42 Å². The Bertz CT molecular complexity index is 886. The quantitative estimate of drug-likeness (QED) is 0.324. The van der Waals surface area contributed by atoms with Crippen molar-refractivity contribution < 1.29 is 8.42 Å². The van der Waals surface area contributed by atoms with Crippen LogP contribution in [0.25, 0.3) is 0 Å². The first-order valence-electron chi connectivity index (χ1n) is 9.08. The van der Waals surface area contributed by atoms with Gasteiger partial charge in [-0.15, -0.1) is 46.7 Å². The van der Waals surface area contributed by atoms with E-state index in [-0.39, 0.29) is 24.0 Å². The van der Waals surface area contributed by atoms with E-state index in [1.54, 1.807) is 28.8 Å². The molecule has 0 spiro atoms. The predicted octanol–water partition coefficient (Wildman–Crippen LogP) is 3.78. The maximum atomic E-state index is 12.7.